The summed E-state index contributed by atoms with van der Waals surface area (Å²) in [5.74, 6) is 1.67. The predicted octanol–water partition coefficient (Wildman–Crippen LogP) is 1.30. The van der Waals surface area contributed by atoms with Crippen LogP contribution in [0.5, 0.6) is 0 Å². The second kappa shape index (κ2) is 4.49. The lowest BCUT2D eigenvalue weighted by molar-refractivity contribution is 0.110. The van der Waals surface area contributed by atoms with E-state index in [-0.39, 0.29) is 6.61 Å². The smallest absolute Gasteiger partial charge is 0.196 e. The number of carbonyl (C=O) groups excluding carboxylic acids is 1. The second-order valence-electron chi connectivity index (χ2n) is 3.91. The molecule has 0 saturated carbocycles. The second-order valence-corrected chi connectivity index (χ2v) is 3.91. The molecule has 1 atom stereocenters. The first-order valence-corrected chi connectivity index (χ1v) is 5.24. The van der Waals surface area contributed by atoms with Crippen molar-refractivity contribution in [3.05, 3.63) is 17.9 Å². The number of aliphatic hydroxyl groups is 1. The molecule has 1 unspecified atom stereocenters. The van der Waals surface area contributed by atoms with Gasteiger partial charge in [-0.3, -0.25) is 4.79 Å². The van der Waals surface area contributed by atoms with Crippen LogP contribution in [-0.4, -0.2) is 31.1 Å². The van der Waals surface area contributed by atoms with Gasteiger partial charge in [-0.05, 0) is 24.8 Å². The molecule has 1 N–H and O–H groups in total. The molecule has 1 aliphatic rings. The average Bonchev–Trinajstić information content (AvgIpc) is 2.85. The molecule has 0 bridgehead atoms. The lowest BCUT2D eigenvalue weighted by Gasteiger charge is -2.14. The first-order valence-electron chi connectivity index (χ1n) is 5.24. The van der Waals surface area contributed by atoms with Crippen LogP contribution in [0.25, 0.3) is 0 Å². The molecule has 15 heavy (non-hydrogen) atoms. The highest BCUT2D eigenvalue weighted by Gasteiger charge is 2.23. The van der Waals surface area contributed by atoms with Crippen molar-refractivity contribution in [2.24, 2.45) is 5.92 Å². The van der Waals surface area contributed by atoms with Crippen LogP contribution in [0.15, 0.2) is 16.5 Å². The zero-order valence-corrected chi connectivity index (χ0v) is 8.56. The van der Waals surface area contributed by atoms with Gasteiger partial charge in [-0.2, -0.15) is 0 Å². The number of anilines is 1. The van der Waals surface area contributed by atoms with Crippen LogP contribution >= 0.6 is 0 Å². The summed E-state index contributed by atoms with van der Waals surface area (Å²) >= 11 is 0. The molecule has 0 spiro atoms. The highest BCUT2D eigenvalue weighted by atomic mass is 16.4. The van der Waals surface area contributed by atoms with Gasteiger partial charge in [-0.1, -0.05) is 0 Å². The Morgan fingerprint density at radius 1 is 1.60 bits per heavy atom. The maximum Gasteiger partial charge on any atom is 0.196 e. The molecular weight excluding hydrogens is 194 g/mol. The molecule has 1 aromatic rings. The zero-order valence-electron chi connectivity index (χ0n) is 8.56. The molecule has 2 rings (SSSR count). The number of hydrogen-bond donors (Lipinski definition) is 1. The van der Waals surface area contributed by atoms with E-state index in [2.05, 4.69) is 4.90 Å². The van der Waals surface area contributed by atoms with E-state index >= 15 is 0 Å². The Hall–Kier alpha value is -1.29. The minimum atomic E-state index is 0.246. The molecule has 0 aromatic carbocycles. The van der Waals surface area contributed by atoms with E-state index in [0.29, 0.717) is 18.0 Å². The van der Waals surface area contributed by atoms with E-state index in [1.165, 1.54) is 0 Å². The van der Waals surface area contributed by atoms with Crippen molar-refractivity contribution >= 4 is 12.2 Å². The summed E-state index contributed by atoms with van der Waals surface area (Å²) < 4.78 is 5.34. The van der Waals surface area contributed by atoms with E-state index in [9.17, 15) is 4.79 Å². The van der Waals surface area contributed by atoms with Gasteiger partial charge in [-0.15, -0.1) is 0 Å². The maximum atomic E-state index is 10.5. The third-order valence-electron chi connectivity index (χ3n) is 2.86. The van der Waals surface area contributed by atoms with Gasteiger partial charge in [0, 0.05) is 25.8 Å². The molecule has 1 saturated heterocycles. The number of aldehydes is 1. The third kappa shape index (κ3) is 2.21. The third-order valence-corrected chi connectivity index (χ3v) is 2.86. The topological polar surface area (TPSA) is 53.7 Å². The summed E-state index contributed by atoms with van der Waals surface area (Å²) in [4.78, 5) is 12.6. The quantitative estimate of drug-likeness (QED) is 0.759. The summed E-state index contributed by atoms with van der Waals surface area (Å²) in [5, 5.41) is 8.84. The Bertz CT molecular complexity index is 334. The van der Waals surface area contributed by atoms with Crippen LogP contribution in [0.2, 0.25) is 0 Å². The van der Waals surface area contributed by atoms with Crippen LogP contribution in [-0.2, 0) is 0 Å². The van der Waals surface area contributed by atoms with E-state index in [1.807, 2.05) is 6.07 Å². The van der Waals surface area contributed by atoms with Crippen LogP contribution in [0.1, 0.15) is 23.4 Å². The molecule has 0 amide bonds. The van der Waals surface area contributed by atoms with Crippen molar-refractivity contribution in [1.29, 1.82) is 0 Å². The number of rotatable bonds is 4. The van der Waals surface area contributed by atoms with Crippen LogP contribution in [0.3, 0.4) is 0 Å². The maximum absolute atomic E-state index is 10.5. The van der Waals surface area contributed by atoms with Crippen molar-refractivity contribution in [2.75, 3.05) is 24.6 Å². The summed E-state index contributed by atoms with van der Waals surface area (Å²) in [6.45, 7) is 2.10. The monoisotopic (exact) mass is 209 g/mol. The fourth-order valence-electron chi connectivity index (χ4n) is 2.03. The molecule has 0 radical (unpaired) electrons. The van der Waals surface area contributed by atoms with Crippen molar-refractivity contribution < 1.29 is 14.3 Å². The van der Waals surface area contributed by atoms with Crippen LogP contribution in [0.4, 0.5) is 5.88 Å². The van der Waals surface area contributed by atoms with Crippen molar-refractivity contribution in [2.45, 2.75) is 12.8 Å². The largest absolute Gasteiger partial charge is 0.438 e. The lowest BCUT2D eigenvalue weighted by atomic mass is 10.1. The van der Waals surface area contributed by atoms with Gasteiger partial charge in [0.15, 0.2) is 17.9 Å². The Balaban J connectivity index is 1.98. The molecule has 1 aliphatic heterocycles. The first kappa shape index (κ1) is 10.2. The Morgan fingerprint density at radius 3 is 3.13 bits per heavy atom. The molecule has 4 heteroatoms. The normalized spacial score (nSPS) is 20.9. The first-order chi connectivity index (χ1) is 7.33. The summed E-state index contributed by atoms with van der Waals surface area (Å²) in [6, 6.07) is 3.51. The number of hydrogen-bond acceptors (Lipinski definition) is 4. The molecule has 82 valence electrons. The number of carbonyl (C=O) groups is 1. The van der Waals surface area contributed by atoms with E-state index in [0.717, 1.165) is 31.8 Å². The fourth-order valence-corrected chi connectivity index (χ4v) is 2.03. The SMILES string of the molecule is O=Cc1ccc(N2CCC(CCO)C2)o1. The molecule has 1 aromatic heterocycles. The van der Waals surface area contributed by atoms with Crippen molar-refractivity contribution in [3.8, 4) is 0 Å². The zero-order chi connectivity index (χ0) is 10.7. The minimum Gasteiger partial charge on any atom is -0.438 e. The van der Waals surface area contributed by atoms with Gasteiger partial charge in [-0.25, -0.2) is 0 Å². The van der Waals surface area contributed by atoms with Gasteiger partial charge in [0.05, 0.1) is 0 Å². The summed E-state index contributed by atoms with van der Waals surface area (Å²) in [7, 11) is 0. The average molecular weight is 209 g/mol. The molecule has 0 aliphatic carbocycles. The standard InChI is InChI=1S/C11H15NO3/c13-6-4-9-3-5-12(7-9)11-2-1-10(8-14)15-11/h1-2,8-9,13H,3-7H2. The van der Waals surface area contributed by atoms with E-state index in [4.69, 9.17) is 9.52 Å². The minimum absolute atomic E-state index is 0.246. The van der Waals surface area contributed by atoms with Crippen LogP contribution < -0.4 is 4.90 Å². The van der Waals surface area contributed by atoms with Gasteiger partial charge >= 0.3 is 0 Å². The molecular formula is C11H15NO3. The Labute approximate surface area is 88.5 Å². The summed E-state index contributed by atoms with van der Waals surface area (Å²) in [6.07, 6.45) is 2.64. The summed E-state index contributed by atoms with van der Waals surface area (Å²) in [5.41, 5.74) is 0. The molecule has 2 heterocycles. The molecule has 1 fully saturated rings. The van der Waals surface area contributed by atoms with Gasteiger partial charge in [0.25, 0.3) is 0 Å². The Morgan fingerprint density at radius 2 is 2.47 bits per heavy atom. The fraction of sp³-hybridized carbons (Fsp3) is 0.545. The van der Waals surface area contributed by atoms with Crippen molar-refractivity contribution in [1.82, 2.24) is 0 Å². The number of furan rings is 1. The molecule has 4 nitrogen and oxygen atoms in total. The van der Waals surface area contributed by atoms with E-state index in [1.54, 1.807) is 6.07 Å². The lowest BCUT2D eigenvalue weighted by Crippen LogP contribution is -2.19. The van der Waals surface area contributed by atoms with E-state index < -0.39 is 0 Å². The van der Waals surface area contributed by atoms with Gasteiger partial charge in [0.2, 0.25) is 0 Å². The highest BCUT2D eigenvalue weighted by Crippen LogP contribution is 2.26. The van der Waals surface area contributed by atoms with Crippen LogP contribution in [0, 0.1) is 5.92 Å². The number of nitrogens with zero attached hydrogens (tertiary/aromatic N) is 1. The number of aliphatic hydroxyl groups excluding tert-OH is 1. The highest BCUT2D eigenvalue weighted by molar-refractivity contribution is 5.71. The van der Waals surface area contributed by atoms with Crippen molar-refractivity contribution in [3.63, 3.8) is 0 Å². The van der Waals surface area contributed by atoms with Gasteiger partial charge in [0.1, 0.15) is 0 Å². The van der Waals surface area contributed by atoms with Gasteiger partial charge < -0.3 is 14.4 Å². The Kier molecular flexibility index (Phi) is 3.06. The predicted molar refractivity (Wildman–Crippen MR) is 56.1 cm³/mol.